The van der Waals surface area contributed by atoms with Gasteiger partial charge in [0.1, 0.15) is 12.6 Å². The Balaban J connectivity index is 1.43. The normalized spacial score (nSPS) is 14.1. The molecule has 1 unspecified atom stereocenters. The molecule has 2 N–H and O–H groups in total. The number of fused-ring (bicyclic) bond motifs is 1. The molecule has 0 aliphatic carbocycles. The number of nitrogens with one attached hydrogen (secondary N) is 2. The van der Waals surface area contributed by atoms with E-state index in [0.717, 1.165) is 5.56 Å². The molecule has 1 aliphatic heterocycles. The second kappa shape index (κ2) is 17.5. The fraction of sp³-hybridized carbons (Fsp3) is 0.293. The van der Waals surface area contributed by atoms with Gasteiger partial charge in [0.2, 0.25) is 11.8 Å². The molecule has 12 heteroatoms. The summed E-state index contributed by atoms with van der Waals surface area (Å²) in [6.07, 6.45) is 0. The van der Waals surface area contributed by atoms with Gasteiger partial charge in [-0.2, -0.15) is 0 Å². The Morgan fingerprint density at radius 1 is 0.849 bits per heavy atom. The molecule has 1 heterocycles. The molecule has 0 fully saturated rings. The summed E-state index contributed by atoms with van der Waals surface area (Å²) >= 11 is 0. The maximum Gasteiger partial charge on any atom is 0.338 e. The average molecular weight is 720 g/mol. The SMILES string of the molecule is CCOC(=O)c1cccc(NC(=O)NC2CN(C(=O)C(C)(C)C)c3ccccc3N(CC(=O)N(CCOCc3ccccc3)c3ccccc3)C2=O)c1. The molecular weight excluding hydrogens is 674 g/mol. The van der Waals surface area contributed by atoms with Crippen LogP contribution < -0.4 is 25.3 Å². The van der Waals surface area contributed by atoms with Crippen LogP contribution >= 0.6 is 0 Å². The van der Waals surface area contributed by atoms with Gasteiger partial charge in [0.15, 0.2) is 0 Å². The largest absolute Gasteiger partial charge is 0.462 e. The molecule has 0 aromatic heterocycles. The van der Waals surface area contributed by atoms with E-state index in [9.17, 15) is 24.0 Å². The third kappa shape index (κ3) is 9.86. The zero-order valence-corrected chi connectivity index (χ0v) is 30.4. The van der Waals surface area contributed by atoms with Crippen molar-refractivity contribution in [2.45, 2.75) is 40.3 Å². The summed E-state index contributed by atoms with van der Waals surface area (Å²) in [6.45, 7) is 7.44. The number of hydrogen-bond acceptors (Lipinski definition) is 7. The van der Waals surface area contributed by atoms with Crippen LogP contribution in [0.4, 0.5) is 27.5 Å². The number of carbonyl (C=O) groups excluding carboxylic acids is 5. The summed E-state index contributed by atoms with van der Waals surface area (Å²) in [5.41, 5.74) is 2.10. The Kier molecular flexibility index (Phi) is 12.6. The Morgan fingerprint density at radius 2 is 1.51 bits per heavy atom. The number of para-hydroxylation sites is 3. The molecule has 5 amide bonds. The van der Waals surface area contributed by atoms with E-state index in [1.54, 1.807) is 75.1 Å². The number of anilines is 4. The lowest BCUT2D eigenvalue weighted by atomic mass is 9.94. The summed E-state index contributed by atoms with van der Waals surface area (Å²) in [5, 5.41) is 5.41. The maximum atomic E-state index is 14.5. The van der Waals surface area contributed by atoms with E-state index in [1.165, 1.54) is 15.9 Å². The molecule has 0 radical (unpaired) electrons. The highest BCUT2D eigenvalue weighted by atomic mass is 16.5. The zero-order valence-electron chi connectivity index (χ0n) is 30.4. The lowest BCUT2D eigenvalue weighted by molar-refractivity contribution is -0.126. The van der Waals surface area contributed by atoms with Crippen molar-refractivity contribution in [2.24, 2.45) is 5.41 Å². The molecule has 1 aliphatic rings. The van der Waals surface area contributed by atoms with Crippen molar-refractivity contribution < 1.29 is 33.4 Å². The van der Waals surface area contributed by atoms with Crippen LogP contribution in [0.2, 0.25) is 0 Å². The quantitative estimate of drug-likeness (QED) is 0.135. The smallest absolute Gasteiger partial charge is 0.338 e. The number of rotatable bonds is 12. The van der Waals surface area contributed by atoms with E-state index in [0.29, 0.717) is 29.4 Å². The van der Waals surface area contributed by atoms with Gasteiger partial charge in [-0.3, -0.25) is 19.3 Å². The molecular formula is C41H45N5O7. The van der Waals surface area contributed by atoms with Crippen LogP contribution in [0, 0.1) is 5.41 Å². The molecule has 1 atom stereocenters. The van der Waals surface area contributed by atoms with Crippen LogP contribution in [0.25, 0.3) is 0 Å². The van der Waals surface area contributed by atoms with Crippen LogP contribution in [0.15, 0.2) is 109 Å². The number of amides is 5. The topological polar surface area (TPSA) is 138 Å². The molecule has 0 saturated heterocycles. The van der Waals surface area contributed by atoms with Crippen LogP contribution in [0.1, 0.15) is 43.6 Å². The Bertz CT molecular complexity index is 1910. The van der Waals surface area contributed by atoms with Gasteiger partial charge in [0.05, 0.1) is 43.3 Å². The van der Waals surface area contributed by atoms with Gasteiger partial charge >= 0.3 is 12.0 Å². The summed E-state index contributed by atoms with van der Waals surface area (Å²) in [4.78, 5) is 72.9. The first-order valence-electron chi connectivity index (χ1n) is 17.5. The molecule has 4 aromatic rings. The number of carbonyl (C=O) groups is 5. The number of hydrogen-bond donors (Lipinski definition) is 2. The van der Waals surface area contributed by atoms with E-state index in [1.807, 2.05) is 60.7 Å². The number of ether oxygens (including phenoxy) is 2. The molecule has 0 spiro atoms. The summed E-state index contributed by atoms with van der Waals surface area (Å²) < 4.78 is 11.0. The molecule has 5 rings (SSSR count). The maximum absolute atomic E-state index is 14.5. The highest BCUT2D eigenvalue weighted by Gasteiger charge is 2.40. The monoisotopic (exact) mass is 719 g/mol. The van der Waals surface area contributed by atoms with E-state index in [2.05, 4.69) is 10.6 Å². The highest BCUT2D eigenvalue weighted by molar-refractivity contribution is 6.12. The Hall–Kier alpha value is -6.01. The van der Waals surface area contributed by atoms with Crippen LogP contribution in [-0.2, 0) is 30.5 Å². The van der Waals surface area contributed by atoms with Gasteiger partial charge in [-0.1, -0.05) is 87.5 Å². The lowest BCUT2D eigenvalue weighted by Crippen LogP contribution is -2.56. The zero-order chi connectivity index (χ0) is 38.0. The molecule has 12 nitrogen and oxygen atoms in total. The van der Waals surface area contributed by atoms with Gasteiger partial charge < -0.3 is 29.9 Å². The average Bonchev–Trinajstić information content (AvgIpc) is 3.25. The number of urea groups is 1. The van der Waals surface area contributed by atoms with E-state index in [-0.39, 0.29) is 44.3 Å². The van der Waals surface area contributed by atoms with Crippen molar-refractivity contribution in [3.05, 3.63) is 120 Å². The standard InChI is InChI=1S/C41H45N5O7/c1-5-53-38(49)30-17-14-18-31(25-30)42-40(51)43-33-26-46(39(50)41(2,3)4)35-22-13-12-21-34(35)45(37(33)48)27-36(47)44(32-19-10-7-11-20-32)23-24-52-28-29-15-8-6-9-16-29/h6-22,25,33H,5,23-24,26-28H2,1-4H3,(H2,42,43,51). The molecule has 0 bridgehead atoms. The molecule has 4 aromatic carbocycles. The summed E-state index contributed by atoms with van der Waals surface area (Å²) in [5.74, 6) is -1.80. The van der Waals surface area contributed by atoms with E-state index < -0.39 is 35.3 Å². The van der Waals surface area contributed by atoms with E-state index >= 15 is 0 Å². The highest BCUT2D eigenvalue weighted by Crippen LogP contribution is 2.35. The Labute approximate surface area is 309 Å². The van der Waals surface area contributed by atoms with Crippen molar-refractivity contribution in [2.75, 3.05) is 52.9 Å². The van der Waals surface area contributed by atoms with Crippen LogP contribution in [0.3, 0.4) is 0 Å². The van der Waals surface area contributed by atoms with Crippen LogP contribution in [-0.4, -0.2) is 68.6 Å². The first-order valence-corrected chi connectivity index (χ1v) is 17.5. The van der Waals surface area contributed by atoms with Gasteiger partial charge in [0, 0.05) is 23.3 Å². The lowest BCUT2D eigenvalue weighted by Gasteiger charge is -2.31. The molecule has 0 saturated carbocycles. The van der Waals surface area contributed by atoms with Crippen molar-refractivity contribution >= 4 is 52.5 Å². The Morgan fingerprint density at radius 3 is 2.19 bits per heavy atom. The predicted octanol–water partition coefficient (Wildman–Crippen LogP) is 6.03. The van der Waals surface area contributed by atoms with Gasteiger partial charge in [-0.05, 0) is 55.0 Å². The van der Waals surface area contributed by atoms with Crippen molar-refractivity contribution in [1.29, 1.82) is 0 Å². The fourth-order valence-electron chi connectivity index (χ4n) is 5.86. The fourth-order valence-corrected chi connectivity index (χ4v) is 5.86. The first-order chi connectivity index (χ1) is 25.5. The molecule has 53 heavy (non-hydrogen) atoms. The first kappa shape index (κ1) is 38.2. The van der Waals surface area contributed by atoms with Gasteiger partial charge in [0.25, 0.3) is 5.91 Å². The third-order valence-corrected chi connectivity index (χ3v) is 8.45. The minimum atomic E-state index is -1.26. The minimum Gasteiger partial charge on any atom is -0.462 e. The van der Waals surface area contributed by atoms with Gasteiger partial charge in [-0.15, -0.1) is 0 Å². The second-order valence-corrected chi connectivity index (χ2v) is 13.5. The third-order valence-electron chi connectivity index (χ3n) is 8.45. The number of nitrogens with zero attached hydrogens (tertiary/aromatic N) is 3. The van der Waals surface area contributed by atoms with Crippen molar-refractivity contribution in [1.82, 2.24) is 5.32 Å². The minimum absolute atomic E-state index is 0.192. The second-order valence-electron chi connectivity index (χ2n) is 13.5. The van der Waals surface area contributed by atoms with Gasteiger partial charge in [-0.25, -0.2) is 9.59 Å². The summed E-state index contributed by atoms with van der Waals surface area (Å²) in [6, 6.07) is 29.9. The predicted molar refractivity (Wildman–Crippen MR) is 204 cm³/mol. The van der Waals surface area contributed by atoms with Crippen molar-refractivity contribution in [3.63, 3.8) is 0 Å². The number of esters is 1. The van der Waals surface area contributed by atoms with Crippen molar-refractivity contribution in [3.8, 4) is 0 Å². The van der Waals surface area contributed by atoms with E-state index in [4.69, 9.17) is 9.47 Å². The number of benzene rings is 4. The van der Waals surface area contributed by atoms with Crippen LogP contribution in [0.5, 0.6) is 0 Å². The summed E-state index contributed by atoms with van der Waals surface area (Å²) in [7, 11) is 0. The molecule has 276 valence electrons.